The molecule has 4 heterocycles. The molecule has 9 heteroatoms. The van der Waals surface area contributed by atoms with Crippen molar-refractivity contribution in [2.75, 3.05) is 6.54 Å². The van der Waals surface area contributed by atoms with Gasteiger partial charge in [-0.2, -0.15) is 0 Å². The zero-order valence-electron chi connectivity index (χ0n) is 12.7. The van der Waals surface area contributed by atoms with Crippen LogP contribution in [0.5, 0.6) is 0 Å². The molecule has 3 aromatic rings. The summed E-state index contributed by atoms with van der Waals surface area (Å²) in [7, 11) is 0. The molecule has 3 aromatic heterocycles. The molecule has 1 aliphatic heterocycles. The Bertz CT molecular complexity index is 1030. The minimum absolute atomic E-state index is 0.150. The highest BCUT2D eigenvalue weighted by atomic mass is 32.1. The van der Waals surface area contributed by atoms with E-state index >= 15 is 0 Å². The van der Waals surface area contributed by atoms with E-state index in [1.54, 1.807) is 11.8 Å². The molecule has 0 N–H and O–H groups in total. The Kier molecular flexibility index (Phi) is 3.38. The lowest BCUT2D eigenvalue weighted by molar-refractivity contribution is 0.0736. The van der Waals surface area contributed by atoms with Crippen molar-refractivity contribution in [2.45, 2.75) is 19.9 Å². The van der Waals surface area contributed by atoms with Gasteiger partial charge in [-0.25, -0.2) is 9.37 Å². The second-order valence-electron chi connectivity index (χ2n) is 5.58. The molecule has 7 nitrogen and oxygen atoms in total. The number of aryl methyl sites for hydroxylation is 1. The summed E-state index contributed by atoms with van der Waals surface area (Å²) < 4.78 is 18.4. The van der Waals surface area contributed by atoms with Crippen LogP contribution in [0.2, 0.25) is 0 Å². The lowest BCUT2D eigenvalue weighted by atomic mass is 10.1. The van der Waals surface area contributed by atoms with Gasteiger partial charge >= 0.3 is 0 Å². The summed E-state index contributed by atoms with van der Waals surface area (Å²) in [6.07, 6.45) is 1.60. The summed E-state index contributed by atoms with van der Waals surface area (Å²) in [6, 6.07) is 2.74. The van der Waals surface area contributed by atoms with Gasteiger partial charge in [-0.1, -0.05) is 4.49 Å². The normalized spacial score (nSPS) is 14.0. The summed E-state index contributed by atoms with van der Waals surface area (Å²) in [6.45, 7) is 2.34. The summed E-state index contributed by atoms with van der Waals surface area (Å²) in [5, 5.41) is 3.85. The van der Waals surface area contributed by atoms with E-state index in [0.717, 1.165) is 17.7 Å². The van der Waals surface area contributed by atoms with Crippen LogP contribution in [0.15, 0.2) is 23.1 Å². The number of hydrogen-bond acceptors (Lipinski definition) is 6. The van der Waals surface area contributed by atoms with Crippen LogP contribution in [0, 0.1) is 12.7 Å². The first-order chi connectivity index (χ1) is 11.5. The predicted octanol–water partition coefficient (Wildman–Crippen LogP) is 1.19. The summed E-state index contributed by atoms with van der Waals surface area (Å²) in [4.78, 5) is 31.7. The molecule has 122 valence electrons. The monoisotopic (exact) mass is 345 g/mol. The second-order valence-corrected chi connectivity index (χ2v) is 6.34. The molecule has 1 amide bonds. The highest BCUT2D eigenvalue weighted by Crippen LogP contribution is 2.20. The lowest BCUT2D eigenvalue weighted by Crippen LogP contribution is -2.40. The molecule has 0 radical (unpaired) electrons. The fourth-order valence-corrected chi connectivity index (χ4v) is 3.44. The first-order valence-corrected chi connectivity index (χ1v) is 8.10. The number of nitrogens with zero attached hydrogens (tertiary/aromatic N) is 5. The Morgan fingerprint density at radius 3 is 2.96 bits per heavy atom. The molecule has 0 bridgehead atoms. The second kappa shape index (κ2) is 5.45. The van der Waals surface area contributed by atoms with Gasteiger partial charge in [-0.05, 0) is 30.6 Å². The van der Waals surface area contributed by atoms with E-state index in [-0.39, 0.29) is 18.0 Å². The Morgan fingerprint density at radius 1 is 1.38 bits per heavy atom. The highest BCUT2D eigenvalue weighted by Gasteiger charge is 2.27. The summed E-state index contributed by atoms with van der Waals surface area (Å²) in [5.41, 5.74) is 1.72. The van der Waals surface area contributed by atoms with Gasteiger partial charge < -0.3 is 4.90 Å². The summed E-state index contributed by atoms with van der Waals surface area (Å²) in [5.74, 6) is -0.710. The average molecular weight is 345 g/mol. The quantitative estimate of drug-likeness (QED) is 0.662. The molecule has 0 aliphatic carbocycles. The van der Waals surface area contributed by atoms with Crippen LogP contribution in [-0.4, -0.2) is 36.3 Å². The van der Waals surface area contributed by atoms with Gasteiger partial charge in [0.2, 0.25) is 0 Å². The number of carbonyl (C=O) groups excluding carboxylic acids is 1. The largest absolute Gasteiger partial charge is 0.333 e. The summed E-state index contributed by atoms with van der Waals surface area (Å²) >= 11 is 1.04. The molecule has 0 spiro atoms. The van der Waals surface area contributed by atoms with Gasteiger partial charge in [0.15, 0.2) is 0 Å². The minimum Gasteiger partial charge on any atom is -0.333 e. The molecule has 4 rings (SSSR count). The Balaban J connectivity index is 1.76. The molecular formula is C15H12FN5O2S. The third-order valence-electron chi connectivity index (χ3n) is 4.07. The number of rotatable bonds is 1. The Hall–Kier alpha value is -2.68. The van der Waals surface area contributed by atoms with E-state index in [2.05, 4.69) is 14.6 Å². The van der Waals surface area contributed by atoms with Gasteiger partial charge in [0, 0.05) is 19.2 Å². The molecule has 0 fully saturated rings. The van der Waals surface area contributed by atoms with Crippen molar-refractivity contribution in [3.63, 3.8) is 0 Å². The van der Waals surface area contributed by atoms with Crippen LogP contribution in [-0.2, 0) is 13.0 Å². The SMILES string of the molecule is Cc1nnsc1C(=O)N1CCc2nc3ccc(F)cn3c(=O)c2C1. The zero-order valence-corrected chi connectivity index (χ0v) is 13.5. The van der Waals surface area contributed by atoms with Gasteiger partial charge in [-0.3, -0.25) is 14.0 Å². The average Bonchev–Trinajstić information content (AvgIpc) is 3.01. The Morgan fingerprint density at radius 2 is 2.21 bits per heavy atom. The van der Waals surface area contributed by atoms with Crippen LogP contribution in [0.3, 0.4) is 0 Å². The lowest BCUT2D eigenvalue weighted by Gasteiger charge is -2.27. The third kappa shape index (κ3) is 2.28. The van der Waals surface area contributed by atoms with Crippen molar-refractivity contribution >= 4 is 23.1 Å². The van der Waals surface area contributed by atoms with Crippen LogP contribution in [0.25, 0.3) is 5.65 Å². The molecule has 1 aliphatic rings. The number of carbonyl (C=O) groups is 1. The number of hydrogen-bond donors (Lipinski definition) is 0. The molecule has 0 atom stereocenters. The van der Waals surface area contributed by atoms with Gasteiger partial charge in [0.05, 0.1) is 23.5 Å². The molecule has 0 saturated heterocycles. The minimum atomic E-state index is -0.513. The first kappa shape index (κ1) is 14.9. The van der Waals surface area contributed by atoms with Crippen molar-refractivity contribution in [1.82, 2.24) is 23.9 Å². The maximum atomic E-state index is 13.4. The highest BCUT2D eigenvalue weighted by molar-refractivity contribution is 7.07. The van der Waals surface area contributed by atoms with E-state index in [4.69, 9.17) is 0 Å². The van der Waals surface area contributed by atoms with Crippen LogP contribution in [0.1, 0.15) is 26.6 Å². The van der Waals surface area contributed by atoms with Gasteiger partial charge in [0.25, 0.3) is 11.5 Å². The number of halogens is 1. The van der Waals surface area contributed by atoms with Crippen LogP contribution < -0.4 is 5.56 Å². The zero-order chi connectivity index (χ0) is 16.8. The first-order valence-electron chi connectivity index (χ1n) is 7.32. The molecule has 0 saturated carbocycles. The number of amides is 1. The van der Waals surface area contributed by atoms with Gasteiger partial charge in [-0.15, -0.1) is 5.10 Å². The smallest absolute Gasteiger partial charge is 0.267 e. The van der Waals surface area contributed by atoms with E-state index in [0.29, 0.717) is 40.4 Å². The maximum absolute atomic E-state index is 13.4. The standard InChI is InChI=1S/C15H12FN5O2S/c1-8-13(24-19-18-8)15(23)20-5-4-11-10(7-20)14(22)21-6-9(16)2-3-12(21)17-11/h2-3,6H,4-5,7H2,1H3. The van der Waals surface area contributed by atoms with E-state index in [1.165, 1.54) is 16.5 Å². The predicted molar refractivity (Wildman–Crippen MR) is 84.5 cm³/mol. The van der Waals surface area contributed by atoms with Crippen molar-refractivity contribution < 1.29 is 9.18 Å². The molecule has 0 unspecified atom stereocenters. The van der Waals surface area contributed by atoms with E-state index in [9.17, 15) is 14.0 Å². The number of aromatic nitrogens is 4. The van der Waals surface area contributed by atoms with Crippen molar-refractivity contribution in [3.8, 4) is 0 Å². The molecular weight excluding hydrogens is 333 g/mol. The molecule has 24 heavy (non-hydrogen) atoms. The van der Waals surface area contributed by atoms with E-state index < -0.39 is 5.82 Å². The number of pyridine rings is 1. The topological polar surface area (TPSA) is 80.5 Å². The van der Waals surface area contributed by atoms with Gasteiger partial charge in [0.1, 0.15) is 16.3 Å². The fourth-order valence-electron chi connectivity index (χ4n) is 2.82. The number of fused-ring (bicyclic) bond motifs is 2. The van der Waals surface area contributed by atoms with Crippen molar-refractivity contribution in [2.24, 2.45) is 0 Å². The van der Waals surface area contributed by atoms with E-state index in [1.807, 2.05) is 0 Å². The van der Waals surface area contributed by atoms with Crippen LogP contribution >= 0.6 is 11.5 Å². The molecule has 0 aromatic carbocycles. The van der Waals surface area contributed by atoms with Crippen molar-refractivity contribution in [3.05, 3.63) is 56.3 Å². The third-order valence-corrected chi connectivity index (χ3v) is 4.88. The fraction of sp³-hybridized carbons (Fsp3) is 0.267. The van der Waals surface area contributed by atoms with Crippen LogP contribution in [0.4, 0.5) is 4.39 Å². The Labute approximate surface area is 139 Å². The van der Waals surface area contributed by atoms with Crippen molar-refractivity contribution in [1.29, 1.82) is 0 Å². The maximum Gasteiger partial charge on any atom is 0.267 e.